The van der Waals surface area contributed by atoms with E-state index in [0.29, 0.717) is 0 Å². The number of hydrogen-bond acceptors (Lipinski definition) is 4. The molecular weight excluding hydrogens is 286 g/mol. The summed E-state index contributed by atoms with van der Waals surface area (Å²) in [6.45, 7) is 3.14. The number of aliphatic imine (C=N–C) groups is 1. The summed E-state index contributed by atoms with van der Waals surface area (Å²) in [4.78, 5) is 7.27. The normalized spacial score (nSPS) is 25.2. The summed E-state index contributed by atoms with van der Waals surface area (Å²) in [5, 5.41) is 3.58. The number of benzene rings is 2. The van der Waals surface area contributed by atoms with Gasteiger partial charge in [0, 0.05) is 6.54 Å². The molecule has 3 atom stereocenters. The van der Waals surface area contributed by atoms with Crippen LogP contribution >= 0.6 is 0 Å². The zero-order valence-corrected chi connectivity index (χ0v) is 13.4. The van der Waals surface area contributed by atoms with Gasteiger partial charge in [-0.05, 0) is 24.6 Å². The monoisotopic (exact) mass is 307 g/mol. The Bertz CT molecular complexity index is 728. The Kier molecular flexibility index (Phi) is 3.45. The molecular formula is C19H21N3O. The van der Waals surface area contributed by atoms with Gasteiger partial charge in [0.2, 0.25) is 0 Å². The Labute approximate surface area is 136 Å². The van der Waals surface area contributed by atoms with Crippen LogP contribution in [0.2, 0.25) is 0 Å². The largest absolute Gasteiger partial charge is 0.484 e. The van der Waals surface area contributed by atoms with E-state index < -0.39 is 0 Å². The minimum atomic E-state index is 0.0185. The van der Waals surface area contributed by atoms with Crippen LogP contribution in [0.1, 0.15) is 18.4 Å². The highest BCUT2D eigenvalue weighted by molar-refractivity contribution is 5.90. The number of anilines is 2. The molecule has 0 saturated carbocycles. The van der Waals surface area contributed by atoms with Crippen molar-refractivity contribution in [1.29, 1.82) is 0 Å². The van der Waals surface area contributed by atoms with Crippen LogP contribution in [0.5, 0.6) is 0 Å². The first-order valence-electron chi connectivity index (χ1n) is 8.12. The first-order chi connectivity index (χ1) is 11.3. The van der Waals surface area contributed by atoms with E-state index in [0.717, 1.165) is 18.1 Å². The van der Waals surface area contributed by atoms with E-state index in [2.05, 4.69) is 65.7 Å². The molecule has 23 heavy (non-hydrogen) atoms. The number of nitrogens with one attached hydrogen (secondary N) is 1. The van der Waals surface area contributed by atoms with E-state index in [4.69, 9.17) is 9.73 Å². The summed E-state index contributed by atoms with van der Waals surface area (Å²) in [5.41, 5.74) is 3.63. The third-order valence-corrected chi connectivity index (χ3v) is 4.78. The van der Waals surface area contributed by atoms with Gasteiger partial charge in [-0.1, -0.05) is 42.5 Å². The van der Waals surface area contributed by atoms with Crippen LogP contribution in [0, 0.1) is 0 Å². The van der Waals surface area contributed by atoms with Crippen molar-refractivity contribution in [3.63, 3.8) is 0 Å². The van der Waals surface area contributed by atoms with Crippen molar-refractivity contribution in [2.75, 3.05) is 23.9 Å². The number of para-hydroxylation sites is 2. The molecule has 0 aromatic heterocycles. The number of methoxy groups -OCH3 is 1. The zero-order chi connectivity index (χ0) is 15.8. The Balaban J connectivity index is 1.81. The Hall–Kier alpha value is -2.49. The smallest absolute Gasteiger partial charge is 0.195 e. The van der Waals surface area contributed by atoms with Crippen molar-refractivity contribution in [2.24, 2.45) is 4.99 Å². The van der Waals surface area contributed by atoms with E-state index in [1.54, 1.807) is 7.11 Å². The zero-order valence-electron chi connectivity index (χ0n) is 13.4. The van der Waals surface area contributed by atoms with Crippen LogP contribution in [-0.4, -0.2) is 31.8 Å². The van der Waals surface area contributed by atoms with E-state index in [9.17, 15) is 0 Å². The minimum absolute atomic E-state index is 0.0185. The molecule has 0 amide bonds. The summed E-state index contributed by atoms with van der Waals surface area (Å²) in [5.74, 6) is 0.956. The molecule has 2 aliphatic heterocycles. The average Bonchev–Trinajstić information content (AvgIpc) is 2.98. The highest BCUT2D eigenvalue weighted by atomic mass is 16.5. The van der Waals surface area contributed by atoms with Crippen LogP contribution < -0.4 is 10.2 Å². The maximum atomic E-state index is 5.65. The summed E-state index contributed by atoms with van der Waals surface area (Å²) >= 11 is 0. The van der Waals surface area contributed by atoms with E-state index in [1.165, 1.54) is 11.3 Å². The lowest BCUT2D eigenvalue weighted by Crippen LogP contribution is -2.51. The van der Waals surface area contributed by atoms with Crippen LogP contribution in [0.25, 0.3) is 0 Å². The molecule has 4 rings (SSSR count). The molecule has 4 nitrogen and oxygen atoms in total. The number of nitrogens with zero attached hydrogens (tertiary/aromatic N) is 2. The SMILES string of the molecule is CCN1c2ccccc2N[C@@H]2N=C(OC)[C@H](c3ccccc3)[C@H]21. The Morgan fingerprint density at radius 2 is 1.83 bits per heavy atom. The van der Waals surface area contributed by atoms with Gasteiger partial charge in [0.05, 0.1) is 30.4 Å². The molecule has 0 radical (unpaired) electrons. The third-order valence-electron chi connectivity index (χ3n) is 4.78. The lowest BCUT2D eigenvalue weighted by molar-refractivity contribution is 0.382. The molecule has 118 valence electrons. The van der Waals surface area contributed by atoms with Crippen molar-refractivity contribution in [2.45, 2.75) is 25.0 Å². The number of rotatable bonds is 2. The highest BCUT2D eigenvalue weighted by Gasteiger charge is 2.46. The quantitative estimate of drug-likeness (QED) is 0.923. The van der Waals surface area contributed by atoms with Crippen molar-refractivity contribution in [3.05, 3.63) is 60.2 Å². The number of fused-ring (bicyclic) bond motifs is 2. The van der Waals surface area contributed by atoms with Gasteiger partial charge < -0.3 is 15.0 Å². The second kappa shape index (κ2) is 5.61. The van der Waals surface area contributed by atoms with E-state index >= 15 is 0 Å². The summed E-state index contributed by atoms with van der Waals surface area (Å²) < 4.78 is 5.65. The molecule has 0 spiro atoms. The maximum absolute atomic E-state index is 5.65. The number of ether oxygens (including phenoxy) is 1. The van der Waals surface area contributed by atoms with Crippen LogP contribution in [0.15, 0.2) is 59.6 Å². The second-order valence-electron chi connectivity index (χ2n) is 5.94. The molecule has 0 bridgehead atoms. The van der Waals surface area contributed by atoms with Crippen molar-refractivity contribution < 1.29 is 4.74 Å². The van der Waals surface area contributed by atoms with Gasteiger partial charge in [-0.2, -0.15) is 0 Å². The molecule has 0 fully saturated rings. The van der Waals surface area contributed by atoms with E-state index in [-0.39, 0.29) is 18.1 Å². The first kappa shape index (κ1) is 14.1. The second-order valence-corrected chi connectivity index (χ2v) is 5.94. The first-order valence-corrected chi connectivity index (χ1v) is 8.12. The van der Waals surface area contributed by atoms with Gasteiger partial charge in [0.1, 0.15) is 6.17 Å². The molecule has 0 saturated heterocycles. The highest BCUT2D eigenvalue weighted by Crippen LogP contribution is 2.43. The predicted octanol–water partition coefficient (Wildman–Crippen LogP) is 3.48. The van der Waals surface area contributed by atoms with Crippen molar-refractivity contribution in [3.8, 4) is 0 Å². The summed E-state index contributed by atoms with van der Waals surface area (Å²) in [6, 6.07) is 19.2. The Morgan fingerprint density at radius 1 is 1.09 bits per heavy atom. The predicted molar refractivity (Wildman–Crippen MR) is 94.3 cm³/mol. The fourth-order valence-electron chi connectivity index (χ4n) is 3.82. The lowest BCUT2D eigenvalue weighted by Gasteiger charge is -2.42. The van der Waals surface area contributed by atoms with Crippen LogP contribution in [0.4, 0.5) is 11.4 Å². The molecule has 0 unspecified atom stereocenters. The average molecular weight is 307 g/mol. The topological polar surface area (TPSA) is 36.9 Å². The van der Waals surface area contributed by atoms with Crippen molar-refractivity contribution >= 4 is 17.3 Å². The number of hydrogen-bond donors (Lipinski definition) is 1. The van der Waals surface area contributed by atoms with Gasteiger partial charge in [0.25, 0.3) is 0 Å². The van der Waals surface area contributed by atoms with Crippen molar-refractivity contribution in [1.82, 2.24) is 0 Å². The van der Waals surface area contributed by atoms with E-state index in [1.807, 2.05) is 6.07 Å². The standard InChI is InChI=1S/C19H21N3O/c1-3-22-15-12-8-7-11-14(15)20-18-17(22)16(19(21-18)23-2)13-9-5-4-6-10-13/h4-12,16-18,20H,3H2,1-2H3/t16-,17-,18-/m1/s1. The number of likely N-dealkylation sites (N-methyl/N-ethyl adjacent to an activating group) is 1. The fourth-order valence-corrected chi connectivity index (χ4v) is 3.82. The van der Waals surface area contributed by atoms with Gasteiger partial charge in [-0.3, -0.25) is 0 Å². The van der Waals surface area contributed by atoms with Crippen LogP contribution in [0.3, 0.4) is 0 Å². The fraction of sp³-hybridized carbons (Fsp3) is 0.316. The molecule has 2 aromatic carbocycles. The Morgan fingerprint density at radius 3 is 2.57 bits per heavy atom. The molecule has 1 N–H and O–H groups in total. The van der Waals surface area contributed by atoms with Gasteiger partial charge in [0.15, 0.2) is 5.90 Å². The third kappa shape index (κ3) is 2.17. The molecule has 0 aliphatic carbocycles. The van der Waals surface area contributed by atoms with Gasteiger partial charge >= 0.3 is 0 Å². The molecule has 4 heteroatoms. The van der Waals surface area contributed by atoms with Crippen LogP contribution in [-0.2, 0) is 4.74 Å². The minimum Gasteiger partial charge on any atom is -0.484 e. The van der Waals surface area contributed by atoms with Gasteiger partial charge in [-0.25, -0.2) is 4.99 Å². The molecule has 2 heterocycles. The summed E-state index contributed by atoms with van der Waals surface area (Å²) in [7, 11) is 1.72. The van der Waals surface area contributed by atoms with Gasteiger partial charge in [-0.15, -0.1) is 0 Å². The molecule has 2 aliphatic rings. The molecule has 2 aromatic rings. The lowest BCUT2D eigenvalue weighted by atomic mass is 9.89. The summed E-state index contributed by atoms with van der Waals surface area (Å²) in [6.07, 6.45) is 0.0185. The maximum Gasteiger partial charge on any atom is 0.195 e.